The SMILES string of the molecule is O=C1C(c2ccc3cccc4c3c2NC2(CCC2)N4)=C(O)/C1=c1\ccc2cccc3c2c1=NC1(CCC1)N3. The highest BCUT2D eigenvalue weighted by molar-refractivity contribution is 6.52. The number of aliphatic hydroxyl groups excluding tert-OH is 1. The van der Waals surface area contributed by atoms with Gasteiger partial charge < -0.3 is 21.1 Å². The van der Waals surface area contributed by atoms with Gasteiger partial charge in [-0.25, -0.2) is 0 Å². The molecule has 4 aromatic carbocycles. The van der Waals surface area contributed by atoms with Gasteiger partial charge >= 0.3 is 0 Å². The lowest BCUT2D eigenvalue weighted by Gasteiger charge is -2.48. The van der Waals surface area contributed by atoms with Crippen LogP contribution in [-0.4, -0.2) is 22.2 Å². The number of hydrogen-bond acceptors (Lipinski definition) is 6. The molecule has 2 saturated carbocycles. The molecule has 3 aliphatic carbocycles. The zero-order valence-corrected chi connectivity index (χ0v) is 20.8. The number of anilines is 3. The minimum atomic E-state index is -0.306. The quantitative estimate of drug-likeness (QED) is 0.285. The number of ketones is 1. The summed E-state index contributed by atoms with van der Waals surface area (Å²) in [5.74, 6) is -0.0569. The molecule has 0 aromatic heterocycles. The van der Waals surface area contributed by atoms with Gasteiger partial charge in [-0.15, -0.1) is 0 Å². The van der Waals surface area contributed by atoms with Crippen LogP contribution in [0.5, 0.6) is 0 Å². The Hall–Kier alpha value is -4.32. The number of allylic oxidation sites excluding steroid dienone is 2. The van der Waals surface area contributed by atoms with Crippen LogP contribution in [0.2, 0.25) is 0 Å². The molecule has 0 bridgehead atoms. The van der Waals surface area contributed by atoms with Gasteiger partial charge in [-0.3, -0.25) is 9.79 Å². The predicted octanol–water partition coefficient (Wildman–Crippen LogP) is 5.34. The first-order valence-electron chi connectivity index (χ1n) is 13.6. The highest BCUT2D eigenvalue weighted by Crippen LogP contribution is 2.50. The van der Waals surface area contributed by atoms with Crippen LogP contribution < -0.4 is 26.5 Å². The second-order valence-corrected chi connectivity index (χ2v) is 11.5. The van der Waals surface area contributed by atoms with Crippen LogP contribution in [0.3, 0.4) is 0 Å². The highest BCUT2D eigenvalue weighted by Gasteiger charge is 2.44. The number of Topliss-reactive ketones (excluding diaryl/α,β-unsaturated/α-hetero) is 1. The summed E-state index contributed by atoms with van der Waals surface area (Å²) in [6, 6.07) is 20.5. The molecule has 5 aliphatic rings. The Bertz CT molecular complexity index is 1950. The Balaban J connectivity index is 1.30. The molecule has 4 aromatic rings. The van der Waals surface area contributed by atoms with Crippen LogP contribution in [0, 0.1) is 0 Å². The van der Waals surface area contributed by atoms with Gasteiger partial charge in [0.25, 0.3) is 0 Å². The van der Waals surface area contributed by atoms with Gasteiger partial charge in [0.15, 0.2) is 0 Å². The first kappa shape index (κ1) is 20.7. The van der Waals surface area contributed by atoms with Crippen molar-refractivity contribution in [2.45, 2.75) is 49.9 Å². The van der Waals surface area contributed by atoms with Crippen LogP contribution in [0.4, 0.5) is 17.1 Å². The van der Waals surface area contributed by atoms with E-state index in [1.807, 2.05) is 24.3 Å². The molecule has 0 atom stereocenters. The summed E-state index contributed by atoms with van der Waals surface area (Å²) in [7, 11) is 0. The van der Waals surface area contributed by atoms with Crippen LogP contribution >= 0.6 is 0 Å². The van der Waals surface area contributed by atoms with E-state index < -0.39 is 0 Å². The topological polar surface area (TPSA) is 85.8 Å². The molecule has 0 unspecified atom stereocenters. The Morgan fingerprint density at radius 2 is 1.45 bits per heavy atom. The van der Waals surface area contributed by atoms with Crippen LogP contribution in [0.25, 0.3) is 32.7 Å². The zero-order chi connectivity index (χ0) is 25.2. The van der Waals surface area contributed by atoms with Gasteiger partial charge in [0, 0.05) is 32.9 Å². The lowest BCUT2D eigenvalue weighted by molar-refractivity contribution is -0.109. The molecule has 2 spiro atoms. The van der Waals surface area contributed by atoms with Crippen molar-refractivity contribution in [2.24, 2.45) is 4.99 Å². The van der Waals surface area contributed by atoms with Crippen molar-refractivity contribution >= 4 is 55.5 Å². The highest BCUT2D eigenvalue weighted by atomic mass is 16.3. The largest absolute Gasteiger partial charge is 0.506 e. The van der Waals surface area contributed by atoms with Gasteiger partial charge in [-0.1, -0.05) is 48.5 Å². The molecule has 9 rings (SSSR count). The van der Waals surface area contributed by atoms with E-state index in [0.717, 1.165) is 93.3 Å². The lowest BCUT2D eigenvalue weighted by atomic mass is 9.77. The number of nitrogens with zero attached hydrogens (tertiary/aromatic N) is 1. The van der Waals surface area contributed by atoms with Crippen LogP contribution in [-0.2, 0) is 4.79 Å². The second-order valence-electron chi connectivity index (χ2n) is 11.5. The van der Waals surface area contributed by atoms with E-state index >= 15 is 0 Å². The maximum absolute atomic E-state index is 13.9. The summed E-state index contributed by atoms with van der Waals surface area (Å²) in [5, 5.41) is 28.4. The number of rotatable bonds is 1. The van der Waals surface area contributed by atoms with Gasteiger partial charge in [-0.05, 0) is 61.4 Å². The van der Waals surface area contributed by atoms with Crippen molar-refractivity contribution in [2.75, 3.05) is 16.0 Å². The molecule has 6 heteroatoms. The van der Waals surface area contributed by atoms with Crippen LogP contribution in [0.1, 0.15) is 44.1 Å². The first-order chi connectivity index (χ1) is 18.5. The number of aliphatic hydroxyl groups is 1. The fourth-order valence-corrected chi connectivity index (χ4v) is 7.06. The van der Waals surface area contributed by atoms with Crippen molar-refractivity contribution in [3.8, 4) is 0 Å². The van der Waals surface area contributed by atoms with Crippen molar-refractivity contribution in [1.82, 2.24) is 0 Å². The van der Waals surface area contributed by atoms with E-state index in [-0.39, 0.29) is 22.9 Å². The average Bonchev–Trinajstić information content (AvgIpc) is 2.90. The molecule has 4 N–H and O–H groups in total. The zero-order valence-electron chi connectivity index (χ0n) is 20.8. The standard InChI is InChI=1S/C32H26N4O2/c37-29-25(19-11-9-17-5-1-7-21-23(17)27(19)35-31(33-21)13-3-14-31)30(38)26(29)20-12-10-18-6-2-8-22-24(18)28(20)36-32(34-22)15-4-16-32/h1-2,5-12,33-35,37H,3-4,13-16H2/b26-20-. The average molecular weight is 499 g/mol. The number of carbonyl (C=O) groups is 1. The summed E-state index contributed by atoms with van der Waals surface area (Å²) < 4.78 is 0. The fourth-order valence-electron chi connectivity index (χ4n) is 7.06. The maximum atomic E-state index is 13.9. The third-order valence-corrected chi connectivity index (χ3v) is 9.35. The smallest absolute Gasteiger partial charge is 0.201 e. The van der Waals surface area contributed by atoms with Crippen molar-refractivity contribution in [3.63, 3.8) is 0 Å². The summed E-state index contributed by atoms with van der Waals surface area (Å²) in [6.45, 7) is 0. The minimum absolute atomic E-state index is 0.0653. The van der Waals surface area contributed by atoms with Crippen molar-refractivity contribution < 1.29 is 9.90 Å². The van der Waals surface area contributed by atoms with Crippen LogP contribution in [0.15, 0.2) is 71.4 Å². The second kappa shape index (κ2) is 6.76. The third-order valence-electron chi connectivity index (χ3n) is 9.35. The molecule has 6 nitrogen and oxygen atoms in total. The normalized spacial score (nSPS) is 22.7. The summed E-state index contributed by atoms with van der Waals surface area (Å²) in [4.78, 5) is 19.1. The summed E-state index contributed by atoms with van der Waals surface area (Å²) in [5.41, 5.74) is 4.12. The van der Waals surface area contributed by atoms with E-state index in [4.69, 9.17) is 4.99 Å². The molecular weight excluding hydrogens is 472 g/mol. The maximum Gasteiger partial charge on any atom is 0.201 e. The lowest BCUT2D eigenvalue weighted by Crippen LogP contribution is -2.53. The molecule has 2 heterocycles. The van der Waals surface area contributed by atoms with Crippen molar-refractivity contribution in [1.29, 1.82) is 0 Å². The molecular formula is C32H26N4O2. The monoisotopic (exact) mass is 498 g/mol. The van der Waals surface area contributed by atoms with E-state index in [9.17, 15) is 9.90 Å². The van der Waals surface area contributed by atoms with Gasteiger partial charge in [0.2, 0.25) is 5.78 Å². The molecule has 0 saturated heterocycles. The van der Waals surface area contributed by atoms with Crippen molar-refractivity contribution in [3.05, 3.63) is 82.6 Å². The number of nitrogens with one attached hydrogen (secondary N) is 3. The molecule has 2 fully saturated rings. The Kier molecular flexibility index (Phi) is 3.68. The van der Waals surface area contributed by atoms with Gasteiger partial charge in [0.05, 0.1) is 22.2 Å². The Labute approximate surface area is 218 Å². The minimum Gasteiger partial charge on any atom is -0.506 e. The molecule has 2 aliphatic heterocycles. The Morgan fingerprint density at radius 3 is 2.13 bits per heavy atom. The molecule has 0 amide bonds. The van der Waals surface area contributed by atoms with E-state index in [0.29, 0.717) is 11.1 Å². The van der Waals surface area contributed by atoms with Gasteiger partial charge in [0.1, 0.15) is 17.1 Å². The molecule has 38 heavy (non-hydrogen) atoms. The summed E-state index contributed by atoms with van der Waals surface area (Å²) >= 11 is 0. The van der Waals surface area contributed by atoms with E-state index in [2.05, 4.69) is 52.3 Å². The van der Waals surface area contributed by atoms with E-state index in [1.165, 1.54) is 0 Å². The number of hydrogen-bond donors (Lipinski definition) is 4. The summed E-state index contributed by atoms with van der Waals surface area (Å²) in [6.07, 6.45) is 6.27. The van der Waals surface area contributed by atoms with Gasteiger partial charge in [-0.2, -0.15) is 0 Å². The fraction of sp³-hybridized carbons (Fsp3) is 0.250. The first-order valence-corrected chi connectivity index (χ1v) is 13.6. The Morgan fingerprint density at radius 1 is 0.737 bits per heavy atom. The molecule has 186 valence electrons. The third kappa shape index (κ3) is 2.48. The predicted molar refractivity (Wildman–Crippen MR) is 151 cm³/mol. The number of benzene rings is 4. The molecule has 0 radical (unpaired) electrons. The number of carbonyl (C=O) groups excluding carboxylic acids is 1. The van der Waals surface area contributed by atoms with E-state index in [1.54, 1.807) is 0 Å².